The number of aliphatic imine (C=N–C) groups is 1. The molecule has 2 aliphatic heterocycles. The molecule has 0 bridgehead atoms. The fourth-order valence-electron chi connectivity index (χ4n) is 6.00. The van der Waals surface area contributed by atoms with Gasteiger partial charge in [0.2, 0.25) is 10.0 Å². The number of hydrogen-bond donors (Lipinski definition) is 0. The number of carbonyl (C=O) groups is 1. The minimum absolute atomic E-state index is 0.0958. The summed E-state index contributed by atoms with van der Waals surface area (Å²) in [5, 5.41) is 2.25. The van der Waals surface area contributed by atoms with E-state index in [0.717, 1.165) is 22.8 Å². The van der Waals surface area contributed by atoms with Crippen LogP contribution in [-0.4, -0.2) is 48.6 Å². The number of hydrogen-bond acceptors (Lipinski definition) is 4. The molecule has 33 heavy (non-hydrogen) atoms. The number of ketones is 1. The fourth-order valence-corrected chi connectivity index (χ4v) is 7.48. The molecule has 2 fully saturated rings. The van der Waals surface area contributed by atoms with Gasteiger partial charge >= 0.3 is 0 Å². The number of sulfonamides is 1. The lowest BCUT2D eigenvalue weighted by atomic mass is 9.76. The molecule has 2 heterocycles. The molecule has 2 aromatic rings. The third-order valence-corrected chi connectivity index (χ3v) is 9.89. The van der Waals surface area contributed by atoms with Crippen molar-refractivity contribution in [3.8, 4) is 0 Å². The average Bonchev–Trinajstić information content (AvgIpc) is 2.85. The molecule has 1 spiro atoms. The van der Waals surface area contributed by atoms with Crippen molar-refractivity contribution < 1.29 is 13.2 Å². The normalized spacial score (nSPS) is 22.5. The number of piperidine rings is 1. The van der Waals surface area contributed by atoms with Gasteiger partial charge < -0.3 is 0 Å². The van der Waals surface area contributed by atoms with Crippen molar-refractivity contribution in [2.24, 2.45) is 10.9 Å². The van der Waals surface area contributed by atoms with Gasteiger partial charge in [-0.1, -0.05) is 61.7 Å². The van der Waals surface area contributed by atoms with E-state index in [4.69, 9.17) is 4.99 Å². The molecule has 0 N–H and O–H groups in total. The second-order valence-electron chi connectivity index (χ2n) is 10.00. The van der Waals surface area contributed by atoms with E-state index in [9.17, 15) is 13.2 Å². The minimum atomic E-state index is -3.38. The van der Waals surface area contributed by atoms with Crippen LogP contribution in [0.1, 0.15) is 63.4 Å². The van der Waals surface area contributed by atoms with Crippen LogP contribution >= 0.6 is 0 Å². The van der Waals surface area contributed by atoms with Crippen LogP contribution in [-0.2, 0) is 21.2 Å². The van der Waals surface area contributed by atoms with Crippen LogP contribution in [0.15, 0.2) is 47.5 Å². The minimum Gasteiger partial charge on any atom is -0.297 e. The predicted molar refractivity (Wildman–Crippen MR) is 133 cm³/mol. The lowest BCUT2D eigenvalue weighted by Crippen LogP contribution is -2.52. The van der Waals surface area contributed by atoms with Crippen molar-refractivity contribution in [2.75, 3.05) is 18.8 Å². The smallest absolute Gasteiger partial charge is 0.214 e. The zero-order chi connectivity index (χ0) is 22.9. The van der Waals surface area contributed by atoms with Crippen molar-refractivity contribution in [2.45, 2.75) is 69.7 Å². The van der Waals surface area contributed by atoms with Gasteiger partial charge in [0.05, 0.1) is 5.75 Å². The first-order valence-corrected chi connectivity index (χ1v) is 14.1. The third kappa shape index (κ3) is 4.65. The van der Waals surface area contributed by atoms with E-state index in [1.165, 1.54) is 37.8 Å². The molecule has 0 radical (unpaired) electrons. The van der Waals surface area contributed by atoms with Gasteiger partial charge in [-0.15, -0.1) is 0 Å². The molecule has 1 saturated carbocycles. The van der Waals surface area contributed by atoms with Gasteiger partial charge in [-0.05, 0) is 60.8 Å². The number of fused-ring (bicyclic) bond motifs is 1. The van der Waals surface area contributed by atoms with Crippen molar-refractivity contribution in [3.05, 3.63) is 48.0 Å². The summed E-state index contributed by atoms with van der Waals surface area (Å²) < 4.78 is 27.9. The molecule has 2 aromatic carbocycles. The van der Waals surface area contributed by atoms with Gasteiger partial charge in [-0.3, -0.25) is 9.79 Å². The number of aryl methyl sites for hydroxylation is 1. The molecule has 0 aromatic heterocycles. The number of nitrogens with zero attached hydrogens (tertiary/aromatic N) is 2. The highest BCUT2D eigenvalue weighted by Gasteiger charge is 2.45. The van der Waals surface area contributed by atoms with Crippen LogP contribution in [0.2, 0.25) is 0 Å². The maximum absolute atomic E-state index is 13.2. The molecule has 1 saturated heterocycles. The standard InChI is InChI=1S/C27H34N2O3S/c30-26-14-13-25(23-8-2-1-3-9-23)28-27(26)16-18-29(19-17-27)33(31,32)20-15-22-11-6-10-21-7-4-5-12-24(21)22/h4-7,10-12,23H,1-3,8-9,13-20H2. The van der Waals surface area contributed by atoms with Gasteiger partial charge in [0.25, 0.3) is 0 Å². The Bertz CT molecular complexity index is 1150. The van der Waals surface area contributed by atoms with Gasteiger partial charge in [0.1, 0.15) is 5.54 Å². The van der Waals surface area contributed by atoms with Crippen LogP contribution in [0.4, 0.5) is 0 Å². The topological polar surface area (TPSA) is 66.8 Å². The van der Waals surface area contributed by atoms with E-state index < -0.39 is 15.6 Å². The zero-order valence-electron chi connectivity index (χ0n) is 19.3. The Morgan fingerprint density at radius 1 is 0.939 bits per heavy atom. The van der Waals surface area contributed by atoms with Crippen LogP contribution in [0.5, 0.6) is 0 Å². The maximum Gasteiger partial charge on any atom is 0.214 e. The van der Waals surface area contributed by atoms with Gasteiger partial charge in [0.15, 0.2) is 5.78 Å². The monoisotopic (exact) mass is 466 g/mol. The highest BCUT2D eigenvalue weighted by molar-refractivity contribution is 7.89. The molecule has 0 unspecified atom stereocenters. The third-order valence-electron chi connectivity index (χ3n) is 8.01. The Hall–Kier alpha value is -2.05. The van der Waals surface area contributed by atoms with Crippen molar-refractivity contribution >= 4 is 32.3 Å². The molecule has 6 heteroatoms. The number of rotatable bonds is 5. The fraction of sp³-hybridized carbons (Fsp3) is 0.556. The first-order valence-electron chi connectivity index (χ1n) is 12.5. The highest BCUT2D eigenvalue weighted by Crippen LogP contribution is 2.37. The van der Waals surface area contributed by atoms with E-state index in [1.54, 1.807) is 4.31 Å². The highest BCUT2D eigenvalue weighted by atomic mass is 32.2. The summed E-state index contributed by atoms with van der Waals surface area (Å²) in [4.78, 5) is 18.0. The molecule has 0 amide bonds. The van der Waals surface area contributed by atoms with Crippen LogP contribution < -0.4 is 0 Å². The second kappa shape index (κ2) is 9.30. The first-order chi connectivity index (χ1) is 16.0. The number of Topliss-reactive ketones (excluding diaryl/α,β-unsaturated/α-hetero) is 1. The molecule has 5 nitrogen and oxygen atoms in total. The summed E-state index contributed by atoms with van der Waals surface area (Å²) >= 11 is 0. The molecular weight excluding hydrogens is 432 g/mol. The summed E-state index contributed by atoms with van der Waals surface area (Å²) in [6, 6.07) is 14.2. The van der Waals surface area contributed by atoms with E-state index >= 15 is 0 Å². The SMILES string of the molecule is O=C1CCC(C2CCCCC2)=NC12CCN(S(=O)(=O)CCc1cccc3ccccc13)CC2. The van der Waals surface area contributed by atoms with Gasteiger partial charge in [-0.25, -0.2) is 12.7 Å². The molecule has 176 valence electrons. The Morgan fingerprint density at radius 2 is 1.67 bits per heavy atom. The van der Waals surface area contributed by atoms with Crippen molar-refractivity contribution in [1.82, 2.24) is 4.31 Å². The predicted octanol–water partition coefficient (Wildman–Crippen LogP) is 4.93. The van der Waals surface area contributed by atoms with E-state index in [1.807, 2.05) is 24.3 Å². The van der Waals surface area contributed by atoms with E-state index in [0.29, 0.717) is 44.7 Å². The van der Waals surface area contributed by atoms with Gasteiger partial charge in [-0.2, -0.15) is 0 Å². The Labute approximate surface area is 197 Å². The van der Waals surface area contributed by atoms with Crippen LogP contribution in [0, 0.1) is 5.92 Å². The summed E-state index contributed by atoms with van der Waals surface area (Å²) in [5.41, 5.74) is 1.63. The molecule has 3 aliphatic rings. The summed E-state index contributed by atoms with van der Waals surface area (Å²) in [5.74, 6) is 0.847. The molecule has 1 aliphatic carbocycles. The number of benzene rings is 2. The largest absolute Gasteiger partial charge is 0.297 e. The van der Waals surface area contributed by atoms with Crippen LogP contribution in [0.3, 0.4) is 0 Å². The summed E-state index contributed by atoms with van der Waals surface area (Å²) in [7, 11) is -3.38. The first kappa shape index (κ1) is 22.7. The Balaban J connectivity index is 1.26. The van der Waals surface area contributed by atoms with E-state index in [-0.39, 0.29) is 11.5 Å². The molecule has 0 atom stereocenters. The van der Waals surface area contributed by atoms with Gasteiger partial charge in [0, 0.05) is 25.2 Å². The Morgan fingerprint density at radius 3 is 2.45 bits per heavy atom. The summed E-state index contributed by atoms with van der Waals surface area (Å²) in [6.07, 6.45) is 9.12. The van der Waals surface area contributed by atoms with Crippen LogP contribution in [0.25, 0.3) is 10.8 Å². The summed E-state index contributed by atoms with van der Waals surface area (Å²) in [6.45, 7) is 0.788. The maximum atomic E-state index is 13.2. The van der Waals surface area contributed by atoms with E-state index in [2.05, 4.69) is 18.2 Å². The quantitative estimate of drug-likeness (QED) is 0.627. The molecule has 5 rings (SSSR count). The lowest BCUT2D eigenvalue weighted by Gasteiger charge is -2.41. The van der Waals surface area contributed by atoms with Crippen molar-refractivity contribution in [1.29, 1.82) is 0 Å². The second-order valence-corrected chi connectivity index (χ2v) is 12.1. The number of carbonyl (C=O) groups excluding carboxylic acids is 1. The Kier molecular flexibility index (Phi) is 6.41. The molecular formula is C27H34N2O3S. The average molecular weight is 467 g/mol. The zero-order valence-corrected chi connectivity index (χ0v) is 20.2. The van der Waals surface area contributed by atoms with Crippen molar-refractivity contribution in [3.63, 3.8) is 0 Å². The lowest BCUT2D eigenvalue weighted by molar-refractivity contribution is -0.125.